The second-order valence-electron chi connectivity index (χ2n) is 6.27. The van der Waals surface area contributed by atoms with Crippen LogP contribution in [0.25, 0.3) is 0 Å². The van der Waals surface area contributed by atoms with Crippen molar-refractivity contribution in [2.24, 2.45) is 5.92 Å². The number of nitrogens with one attached hydrogen (secondary N) is 1. The standard InChI is InChI=1S/C21H23NO5/c1-3-26-21(24)19-16(12-22-20(19)23)15-9-10-17(25-2)18(11-15)27-13-14-7-5-4-6-8-14/h4-11,16,19H,3,12-13H2,1-2H3,(H,22,23). The minimum atomic E-state index is -0.847. The molecule has 0 aromatic heterocycles. The first-order valence-electron chi connectivity index (χ1n) is 8.93. The Morgan fingerprint density at radius 1 is 1.15 bits per heavy atom. The van der Waals surface area contributed by atoms with Gasteiger partial charge in [0.15, 0.2) is 11.5 Å². The highest BCUT2D eigenvalue weighted by atomic mass is 16.5. The quantitative estimate of drug-likeness (QED) is 0.600. The van der Waals surface area contributed by atoms with Crippen molar-refractivity contribution in [3.63, 3.8) is 0 Å². The zero-order chi connectivity index (χ0) is 19.2. The molecule has 27 heavy (non-hydrogen) atoms. The van der Waals surface area contributed by atoms with Crippen LogP contribution >= 0.6 is 0 Å². The Hall–Kier alpha value is -3.02. The number of ether oxygens (including phenoxy) is 3. The SMILES string of the molecule is CCOC(=O)C1C(=O)NCC1c1ccc(OC)c(OCc2ccccc2)c1. The normalized spacial score (nSPS) is 18.7. The van der Waals surface area contributed by atoms with E-state index >= 15 is 0 Å². The molecule has 6 heteroatoms. The summed E-state index contributed by atoms with van der Waals surface area (Å²) in [5.74, 6) is -0.789. The Balaban J connectivity index is 1.83. The maximum absolute atomic E-state index is 12.2. The highest BCUT2D eigenvalue weighted by molar-refractivity contribution is 6.00. The van der Waals surface area contributed by atoms with Gasteiger partial charge in [-0.2, -0.15) is 0 Å². The average molecular weight is 369 g/mol. The molecule has 1 aliphatic rings. The van der Waals surface area contributed by atoms with Crippen LogP contribution in [-0.4, -0.2) is 32.1 Å². The summed E-state index contributed by atoms with van der Waals surface area (Å²) in [4.78, 5) is 24.3. The van der Waals surface area contributed by atoms with Gasteiger partial charge in [0, 0.05) is 12.5 Å². The third-order valence-corrected chi connectivity index (χ3v) is 4.57. The van der Waals surface area contributed by atoms with Crippen molar-refractivity contribution in [1.82, 2.24) is 5.32 Å². The van der Waals surface area contributed by atoms with Crippen LogP contribution < -0.4 is 14.8 Å². The zero-order valence-electron chi connectivity index (χ0n) is 15.4. The van der Waals surface area contributed by atoms with Crippen molar-refractivity contribution in [1.29, 1.82) is 0 Å². The Labute approximate surface area is 158 Å². The molecule has 6 nitrogen and oxygen atoms in total. The van der Waals surface area contributed by atoms with Crippen molar-refractivity contribution in [3.8, 4) is 11.5 Å². The molecule has 0 aliphatic carbocycles. The topological polar surface area (TPSA) is 73.9 Å². The van der Waals surface area contributed by atoms with E-state index in [2.05, 4.69) is 5.32 Å². The van der Waals surface area contributed by atoms with Crippen molar-refractivity contribution < 1.29 is 23.8 Å². The Morgan fingerprint density at radius 2 is 1.93 bits per heavy atom. The lowest BCUT2D eigenvalue weighted by atomic mass is 9.88. The maximum Gasteiger partial charge on any atom is 0.319 e. The van der Waals surface area contributed by atoms with Crippen molar-refractivity contribution in [3.05, 3.63) is 59.7 Å². The van der Waals surface area contributed by atoms with Crippen LogP contribution in [0.5, 0.6) is 11.5 Å². The van der Waals surface area contributed by atoms with E-state index in [1.165, 1.54) is 0 Å². The van der Waals surface area contributed by atoms with Crippen molar-refractivity contribution in [2.45, 2.75) is 19.4 Å². The third kappa shape index (κ3) is 4.22. The number of hydrogen-bond acceptors (Lipinski definition) is 5. The average Bonchev–Trinajstić information content (AvgIpc) is 3.08. The molecule has 1 fully saturated rings. The number of benzene rings is 2. The van der Waals surface area contributed by atoms with Gasteiger partial charge in [-0.3, -0.25) is 9.59 Å². The Morgan fingerprint density at radius 3 is 2.63 bits per heavy atom. The van der Waals surface area contributed by atoms with Gasteiger partial charge in [-0.15, -0.1) is 0 Å². The van der Waals surface area contributed by atoms with E-state index in [4.69, 9.17) is 14.2 Å². The summed E-state index contributed by atoms with van der Waals surface area (Å²) < 4.78 is 16.4. The number of carbonyl (C=O) groups excluding carboxylic acids is 2. The maximum atomic E-state index is 12.2. The largest absolute Gasteiger partial charge is 0.493 e. The molecule has 2 aromatic rings. The molecule has 2 atom stereocenters. The fourth-order valence-corrected chi connectivity index (χ4v) is 3.21. The summed E-state index contributed by atoms with van der Waals surface area (Å²) in [7, 11) is 1.58. The number of rotatable bonds is 7. The van der Waals surface area contributed by atoms with Crippen LogP contribution in [0.1, 0.15) is 24.0 Å². The highest BCUT2D eigenvalue weighted by Gasteiger charge is 2.42. The lowest BCUT2D eigenvalue weighted by Crippen LogP contribution is -2.29. The Kier molecular flexibility index (Phi) is 5.96. The van der Waals surface area contributed by atoms with Gasteiger partial charge in [-0.1, -0.05) is 36.4 Å². The van der Waals surface area contributed by atoms with E-state index in [0.29, 0.717) is 24.7 Å². The lowest BCUT2D eigenvalue weighted by molar-refractivity contribution is -0.151. The predicted molar refractivity (Wildman–Crippen MR) is 99.6 cm³/mol. The first-order valence-corrected chi connectivity index (χ1v) is 8.93. The molecule has 1 aliphatic heterocycles. The Bertz CT molecular complexity index is 805. The molecule has 142 valence electrons. The van der Waals surface area contributed by atoms with E-state index in [0.717, 1.165) is 11.1 Å². The fourth-order valence-electron chi connectivity index (χ4n) is 3.21. The monoisotopic (exact) mass is 369 g/mol. The van der Waals surface area contributed by atoms with Crippen LogP contribution in [0, 0.1) is 5.92 Å². The number of hydrogen-bond donors (Lipinski definition) is 1. The van der Waals surface area contributed by atoms with Gasteiger partial charge in [0.2, 0.25) is 5.91 Å². The smallest absolute Gasteiger partial charge is 0.319 e. The summed E-state index contributed by atoms with van der Waals surface area (Å²) in [6.45, 7) is 2.74. The van der Waals surface area contributed by atoms with Crippen LogP contribution in [0.15, 0.2) is 48.5 Å². The van der Waals surface area contributed by atoms with Crippen LogP contribution in [0.2, 0.25) is 0 Å². The first kappa shape index (κ1) is 18.8. The molecule has 1 amide bonds. The molecule has 1 heterocycles. The predicted octanol–water partition coefficient (Wildman–Crippen LogP) is 2.67. The second kappa shape index (κ2) is 8.58. The second-order valence-corrected chi connectivity index (χ2v) is 6.27. The van der Waals surface area contributed by atoms with Gasteiger partial charge in [0.1, 0.15) is 12.5 Å². The van der Waals surface area contributed by atoms with Crippen LogP contribution in [0.4, 0.5) is 0 Å². The van der Waals surface area contributed by atoms with E-state index < -0.39 is 11.9 Å². The van der Waals surface area contributed by atoms with Crippen LogP contribution in [-0.2, 0) is 20.9 Å². The molecule has 2 aromatic carbocycles. The number of esters is 1. The number of amides is 1. The lowest BCUT2D eigenvalue weighted by Gasteiger charge is -2.18. The molecule has 0 bridgehead atoms. The van der Waals surface area contributed by atoms with E-state index in [-0.39, 0.29) is 18.4 Å². The molecule has 1 saturated heterocycles. The molecule has 0 saturated carbocycles. The minimum absolute atomic E-state index is 0.239. The molecule has 3 rings (SSSR count). The third-order valence-electron chi connectivity index (χ3n) is 4.57. The highest BCUT2D eigenvalue weighted by Crippen LogP contribution is 2.36. The summed E-state index contributed by atoms with van der Waals surface area (Å²) in [5.41, 5.74) is 1.86. The molecule has 0 radical (unpaired) electrons. The zero-order valence-corrected chi connectivity index (χ0v) is 15.4. The van der Waals surface area contributed by atoms with Crippen molar-refractivity contribution >= 4 is 11.9 Å². The van der Waals surface area contributed by atoms with E-state index in [1.54, 1.807) is 20.1 Å². The number of carbonyl (C=O) groups is 2. The van der Waals surface area contributed by atoms with Gasteiger partial charge < -0.3 is 19.5 Å². The number of methoxy groups -OCH3 is 1. The summed E-state index contributed by atoms with van der Waals surface area (Å²) in [6, 6.07) is 15.3. The minimum Gasteiger partial charge on any atom is -0.493 e. The summed E-state index contributed by atoms with van der Waals surface area (Å²) in [6.07, 6.45) is 0. The first-order chi connectivity index (χ1) is 13.1. The van der Waals surface area contributed by atoms with Crippen LogP contribution in [0.3, 0.4) is 0 Å². The van der Waals surface area contributed by atoms with Gasteiger partial charge in [-0.05, 0) is 30.2 Å². The van der Waals surface area contributed by atoms with Gasteiger partial charge >= 0.3 is 5.97 Å². The van der Waals surface area contributed by atoms with Gasteiger partial charge in [0.05, 0.1) is 13.7 Å². The molecular weight excluding hydrogens is 346 g/mol. The van der Waals surface area contributed by atoms with E-state index in [1.807, 2.05) is 42.5 Å². The fraction of sp³-hybridized carbons (Fsp3) is 0.333. The van der Waals surface area contributed by atoms with E-state index in [9.17, 15) is 9.59 Å². The summed E-state index contributed by atoms with van der Waals surface area (Å²) in [5, 5.41) is 2.75. The molecular formula is C21H23NO5. The molecule has 1 N–H and O–H groups in total. The van der Waals surface area contributed by atoms with Crippen molar-refractivity contribution in [2.75, 3.05) is 20.3 Å². The van der Waals surface area contributed by atoms with Gasteiger partial charge in [0.25, 0.3) is 0 Å². The van der Waals surface area contributed by atoms with Gasteiger partial charge in [-0.25, -0.2) is 0 Å². The molecule has 0 spiro atoms. The summed E-state index contributed by atoms with van der Waals surface area (Å²) >= 11 is 0. The molecule has 2 unspecified atom stereocenters.